The molecule has 1 fully saturated rings. The molecule has 1 aliphatic rings. The highest BCUT2D eigenvalue weighted by molar-refractivity contribution is 7.99. The molecule has 0 saturated carbocycles. The quantitative estimate of drug-likeness (QED) is 0.461. The molecule has 1 unspecified atom stereocenters. The van der Waals surface area contributed by atoms with Crippen LogP contribution in [0.15, 0.2) is 46.6 Å². The van der Waals surface area contributed by atoms with E-state index in [2.05, 4.69) is 15.2 Å². The average molecular weight is 508 g/mol. The molecule has 4 rings (SSSR count). The van der Waals surface area contributed by atoms with Crippen LogP contribution in [0, 0.1) is 0 Å². The van der Waals surface area contributed by atoms with Crippen LogP contribution in [0.25, 0.3) is 5.65 Å². The number of hydrogen-bond donors (Lipinski definition) is 1. The van der Waals surface area contributed by atoms with Crippen molar-refractivity contribution in [2.45, 2.75) is 61.5 Å². The molecule has 10 heteroatoms. The van der Waals surface area contributed by atoms with E-state index in [1.165, 1.54) is 11.8 Å². The highest BCUT2D eigenvalue weighted by atomic mass is 35.5. The molecule has 3 heterocycles. The first-order valence-corrected chi connectivity index (χ1v) is 12.5. The van der Waals surface area contributed by atoms with E-state index in [1.807, 2.05) is 49.7 Å². The lowest BCUT2D eigenvalue weighted by Crippen LogP contribution is -2.39. The monoisotopic (exact) mass is 507 g/mol. The smallest absolute Gasteiger partial charge is 0.407 e. The van der Waals surface area contributed by atoms with Gasteiger partial charge in [-0.15, -0.1) is 0 Å². The fourth-order valence-corrected chi connectivity index (χ4v) is 5.19. The van der Waals surface area contributed by atoms with Gasteiger partial charge in [-0.2, -0.15) is 0 Å². The fraction of sp³-hybridized carbons (Fsp3) is 0.435. The van der Waals surface area contributed by atoms with Crippen molar-refractivity contribution in [1.82, 2.24) is 19.7 Å². The van der Waals surface area contributed by atoms with Gasteiger partial charge in [0.25, 0.3) is 0 Å². The van der Waals surface area contributed by atoms with E-state index in [0.717, 1.165) is 53.7 Å². The first-order valence-electron chi connectivity index (χ1n) is 10.9. The number of alkyl carbamates (subject to hydrolysis) is 1. The maximum atomic E-state index is 12.2. The Kier molecular flexibility index (Phi) is 7.26. The van der Waals surface area contributed by atoms with Crippen molar-refractivity contribution in [3.8, 4) is 0 Å². The highest BCUT2D eigenvalue weighted by Crippen LogP contribution is 2.38. The Morgan fingerprint density at radius 1 is 1.18 bits per heavy atom. The van der Waals surface area contributed by atoms with Crippen molar-refractivity contribution in [1.29, 1.82) is 0 Å². The van der Waals surface area contributed by atoms with Crippen molar-refractivity contribution in [3.63, 3.8) is 0 Å². The lowest BCUT2D eigenvalue weighted by Gasteiger charge is -2.24. The number of hydrogen-bond acceptors (Lipinski definition) is 6. The summed E-state index contributed by atoms with van der Waals surface area (Å²) in [7, 11) is 0. The van der Waals surface area contributed by atoms with E-state index in [9.17, 15) is 4.79 Å². The molecule has 1 atom stereocenters. The Labute approximate surface area is 207 Å². The summed E-state index contributed by atoms with van der Waals surface area (Å²) >= 11 is 14.0. The summed E-state index contributed by atoms with van der Waals surface area (Å²) in [6.07, 6.45) is 7.80. The normalized spacial score (nSPS) is 17.1. The van der Waals surface area contributed by atoms with Crippen molar-refractivity contribution in [3.05, 3.63) is 46.8 Å². The van der Waals surface area contributed by atoms with Crippen LogP contribution in [0.4, 0.5) is 10.7 Å². The number of ether oxygens (including phenoxy) is 1. The number of imidazole rings is 1. The third kappa shape index (κ3) is 5.86. The molecule has 176 valence electrons. The van der Waals surface area contributed by atoms with Gasteiger partial charge < -0.3 is 15.0 Å². The standard InChI is InChI=1S/C23H27Cl2N5O2S/c1-23(2,3)32-22(31)28-15-6-5-11-29(12-9-15)21-27-14-18(20-26-10-13-30(20)21)33-17-8-4-7-16(24)19(17)25/h4,7-8,10,13-15H,5-6,9,11-12H2,1-3H3,(H,28,31). The number of halogens is 2. The SMILES string of the molecule is CC(C)(C)OC(=O)NC1CCCN(c2ncc(Sc3cccc(Cl)c3Cl)c3nccn23)CC1. The number of carbonyl (C=O) groups excluding carboxylic acids is 1. The Bertz CT molecular complexity index is 1150. The van der Waals surface area contributed by atoms with Crippen LogP contribution in [0.1, 0.15) is 40.0 Å². The molecule has 3 aromatic rings. The van der Waals surface area contributed by atoms with Gasteiger partial charge in [-0.1, -0.05) is 41.0 Å². The number of nitrogens with zero attached hydrogens (tertiary/aromatic N) is 4. The molecule has 33 heavy (non-hydrogen) atoms. The number of carbonyl (C=O) groups is 1. The first kappa shape index (κ1) is 24.0. The molecule has 0 aliphatic carbocycles. The zero-order valence-electron chi connectivity index (χ0n) is 18.8. The zero-order chi connectivity index (χ0) is 23.6. The Hall–Kier alpha value is -2.16. The molecule has 1 aliphatic heterocycles. The molecule has 1 saturated heterocycles. The minimum atomic E-state index is -0.507. The van der Waals surface area contributed by atoms with E-state index < -0.39 is 5.60 Å². The summed E-state index contributed by atoms with van der Waals surface area (Å²) in [4.78, 5) is 25.5. The fourth-order valence-electron chi connectivity index (χ4n) is 3.79. The predicted molar refractivity (Wildman–Crippen MR) is 133 cm³/mol. The third-order valence-electron chi connectivity index (χ3n) is 5.24. The van der Waals surface area contributed by atoms with E-state index in [-0.39, 0.29) is 12.1 Å². The topological polar surface area (TPSA) is 71.8 Å². The van der Waals surface area contributed by atoms with Gasteiger partial charge in [0.05, 0.1) is 14.9 Å². The number of rotatable bonds is 4. The molecule has 0 radical (unpaired) electrons. The van der Waals surface area contributed by atoms with Gasteiger partial charge in [-0.25, -0.2) is 14.8 Å². The molecule has 1 amide bonds. The summed E-state index contributed by atoms with van der Waals surface area (Å²) in [5.41, 5.74) is 0.307. The number of anilines is 1. The van der Waals surface area contributed by atoms with E-state index in [1.54, 1.807) is 12.3 Å². The van der Waals surface area contributed by atoms with Crippen molar-refractivity contribution in [2.75, 3.05) is 18.0 Å². The van der Waals surface area contributed by atoms with Gasteiger partial charge in [-0.3, -0.25) is 4.40 Å². The van der Waals surface area contributed by atoms with E-state index in [0.29, 0.717) is 10.0 Å². The summed E-state index contributed by atoms with van der Waals surface area (Å²) in [5, 5.41) is 4.05. The van der Waals surface area contributed by atoms with Crippen molar-refractivity contribution in [2.24, 2.45) is 0 Å². The molecule has 0 bridgehead atoms. The van der Waals surface area contributed by atoms with Crippen molar-refractivity contribution >= 4 is 52.7 Å². The second-order valence-electron chi connectivity index (χ2n) is 8.96. The van der Waals surface area contributed by atoms with Crippen LogP contribution in [-0.4, -0.2) is 45.2 Å². The number of fused-ring (bicyclic) bond motifs is 1. The van der Waals surface area contributed by atoms with Gasteiger partial charge >= 0.3 is 6.09 Å². The number of nitrogens with one attached hydrogen (secondary N) is 1. The van der Waals surface area contributed by atoms with Crippen LogP contribution in [0.2, 0.25) is 10.0 Å². The number of aromatic nitrogens is 3. The minimum Gasteiger partial charge on any atom is -0.444 e. The average Bonchev–Trinajstić information content (AvgIpc) is 3.12. The zero-order valence-corrected chi connectivity index (χ0v) is 21.2. The van der Waals surface area contributed by atoms with Gasteiger partial charge in [0, 0.05) is 42.6 Å². The lowest BCUT2D eigenvalue weighted by atomic mass is 10.1. The Morgan fingerprint density at radius 2 is 2.00 bits per heavy atom. The van der Waals surface area contributed by atoms with Crippen LogP contribution in [-0.2, 0) is 4.74 Å². The maximum absolute atomic E-state index is 12.2. The molecule has 1 N–H and O–H groups in total. The first-order chi connectivity index (χ1) is 15.7. The van der Waals surface area contributed by atoms with Crippen LogP contribution < -0.4 is 10.2 Å². The molecule has 2 aromatic heterocycles. The largest absolute Gasteiger partial charge is 0.444 e. The lowest BCUT2D eigenvalue weighted by molar-refractivity contribution is 0.0501. The molecular weight excluding hydrogens is 481 g/mol. The summed E-state index contributed by atoms with van der Waals surface area (Å²) < 4.78 is 7.41. The molecule has 0 spiro atoms. The van der Waals surface area contributed by atoms with Gasteiger partial charge in [0.15, 0.2) is 5.65 Å². The second-order valence-corrected chi connectivity index (χ2v) is 10.8. The second kappa shape index (κ2) is 9.99. The molecule has 7 nitrogen and oxygen atoms in total. The Morgan fingerprint density at radius 3 is 2.79 bits per heavy atom. The van der Waals surface area contributed by atoms with Gasteiger partial charge in [0.2, 0.25) is 5.95 Å². The number of benzene rings is 1. The summed E-state index contributed by atoms with van der Waals surface area (Å²) in [5.74, 6) is 0.835. The van der Waals surface area contributed by atoms with Crippen molar-refractivity contribution < 1.29 is 9.53 Å². The maximum Gasteiger partial charge on any atom is 0.407 e. The van der Waals surface area contributed by atoms with E-state index >= 15 is 0 Å². The van der Waals surface area contributed by atoms with Crippen LogP contribution in [0.5, 0.6) is 0 Å². The summed E-state index contributed by atoms with van der Waals surface area (Å²) in [6.45, 7) is 7.22. The minimum absolute atomic E-state index is 0.0722. The van der Waals surface area contributed by atoms with Gasteiger partial charge in [-0.05, 0) is 52.2 Å². The number of amides is 1. The third-order valence-corrected chi connectivity index (χ3v) is 7.24. The van der Waals surface area contributed by atoms with Crippen LogP contribution >= 0.6 is 35.0 Å². The molecular formula is C23H27Cl2N5O2S. The van der Waals surface area contributed by atoms with Gasteiger partial charge in [0.1, 0.15) is 5.60 Å². The molecule has 1 aromatic carbocycles. The Balaban J connectivity index is 1.49. The van der Waals surface area contributed by atoms with E-state index in [4.69, 9.17) is 32.9 Å². The highest BCUT2D eigenvalue weighted by Gasteiger charge is 2.24. The predicted octanol–water partition coefficient (Wildman–Crippen LogP) is 6.07. The van der Waals surface area contributed by atoms with Crippen LogP contribution in [0.3, 0.4) is 0 Å². The summed E-state index contributed by atoms with van der Waals surface area (Å²) in [6, 6.07) is 5.65.